The number of furan rings is 1. The van der Waals surface area contributed by atoms with E-state index in [1.807, 2.05) is 0 Å². The molecule has 0 aliphatic heterocycles. The largest absolute Gasteiger partial charge is 0.493 e. The molecular formula is C21H18ClN3O6. The maximum atomic E-state index is 12.1. The molecule has 0 unspecified atom stereocenters. The Morgan fingerprint density at radius 1 is 1.16 bits per heavy atom. The van der Waals surface area contributed by atoms with Crippen LogP contribution in [0.1, 0.15) is 11.3 Å². The van der Waals surface area contributed by atoms with Crippen LogP contribution < -0.4 is 14.9 Å². The minimum Gasteiger partial charge on any atom is -0.493 e. The van der Waals surface area contributed by atoms with Gasteiger partial charge in [-0.3, -0.25) is 14.9 Å². The Morgan fingerprint density at radius 3 is 2.61 bits per heavy atom. The highest BCUT2D eigenvalue weighted by molar-refractivity contribution is 6.33. The molecule has 0 aliphatic carbocycles. The minimum atomic E-state index is -0.527. The van der Waals surface area contributed by atoms with Gasteiger partial charge < -0.3 is 13.9 Å². The highest BCUT2D eigenvalue weighted by atomic mass is 35.5. The van der Waals surface area contributed by atoms with E-state index in [-0.39, 0.29) is 23.0 Å². The summed E-state index contributed by atoms with van der Waals surface area (Å²) in [7, 11) is 3.06. The van der Waals surface area contributed by atoms with Crippen molar-refractivity contribution >= 4 is 29.4 Å². The van der Waals surface area contributed by atoms with Crippen LogP contribution in [0.5, 0.6) is 11.5 Å². The van der Waals surface area contributed by atoms with Crippen molar-refractivity contribution < 1.29 is 23.6 Å². The highest BCUT2D eigenvalue weighted by Crippen LogP contribution is 2.32. The van der Waals surface area contributed by atoms with Crippen molar-refractivity contribution in [3.63, 3.8) is 0 Å². The van der Waals surface area contributed by atoms with Crippen LogP contribution in [0.25, 0.3) is 11.3 Å². The Kier molecular flexibility index (Phi) is 6.88. The van der Waals surface area contributed by atoms with Crippen LogP contribution in [0, 0.1) is 10.1 Å². The first-order chi connectivity index (χ1) is 14.9. The lowest BCUT2D eigenvalue weighted by Crippen LogP contribution is -2.19. The normalized spacial score (nSPS) is 10.8. The molecule has 0 fully saturated rings. The molecule has 0 radical (unpaired) electrons. The summed E-state index contributed by atoms with van der Waals surface area (Å²) in [5.41, 5.74) is 3.55. The van der Waals surface area contributed by atoms with Gasteiger partial charge in [-0.05, 0) is 35.9 Å². The van der Waals surface area contributed by atoms with Gasteiger partial charge in [-0.25, -0.2) is 5.43 Å². The van der Waals surface area contributed by atoms with Crippen molar-refractivity contribution in [2.45, 2.75) is 6.42 Å². The van der Waals surface area contributed by atoms with E-state index in [2.05, 4.69) is 10.5 Å². The number of nitro groups is 1. The van der Waals surface area contributed by atoms with E-state index >= 15 is 0 Å². The van der Waals surface area contributed by atoms with E-state index in [4.69, 9.17) is 25.5 Å². The number of non-ortho nitro benzene ring substituents is 1. The quantitative estimate of drug-likeness (QED) is 0.316. The lowest BCUT2D eigenvalue weighted by molar-refractivity contribution is -0.384. The maximum absolute atomic E-state index is 12.1. The Labute approximate surface area is 182 Å². The van der Waals surface area contributed by atoms with Crippen molar-refractivity contribution in [1.82, 2.24) is 5.43 Å². The standard InChI is InChI=1S/C21H18ClN3O6/c1-29-19-7-3-13(9-20(19)30-2)10-21(26)24-23-12-15-5-8-18(31-15)16-6-4-14(25(27)28)11-17(16)22/h3-9,11-12H,10H2,1-2H3,(H,24,26). The summed E-state index contributed by atoms with van der Waals surface area (Å²) >= 11 is 6.11. The number of hydrazone groups is 1. The average molecular weight is 444 g/mol. The van der Waals surface area contributed by atoms with E-state index in [0.29, 0.717) is 28.6 Å². The predicted octanol–water partition coefficient (Wildman–Crippen LogP) is 4.22. The second-order valence-corrected chi connectivity index (χ2v) is 6.69. The molecule has 3 aromatic rings. The molecule has 31 heavy (non-hydrogen) atoms. The molecule has 1 aromatic heterocycles. The van der Waals surface area contributed by atoms with Crippen molar-refractivity contribution in [1.29, 1.82) is 0 Å². The fourth-order valence-corrected chi connectivity index (χ4v) is 3.04. The van der Waals surface area contributed by atoms with E-state index in [1.165, 1.54) is 38.6 Å². The molecule has 0 spiro atoms. The third-order valence-electron chi connectivity index (χ3n) is 4.25. The summed E-state index contributed by atoms with van der Waals surface area (Å²) in [5.74, 6) is 1.57. The molecule has 0 aliphatic rings. The van der Waals surface area contributed by atoms with E-state index in [9.17, 15) is 14.9 Å². The monoisotopic (exact) mass is 443 g/mol. The number of carbonyl (C=O) groups excluding carboxylic acids is 1. The number of methoxy groups -OCH3 is 2. The molecule has 1 heterocycles. The van der Waals surface area contributed by atoms with Gasteiger partial charge in [-0.1, -0.05) is 17.7 Å². The predicted molar refractivity (Wildman–Crippen MR) is 115 cm³/mol. The lowest BCUT2D eigenvalue weighted by atomic mass is 10.1. The average Bonchev–Trinajstić information content (AvgIpc) is 3.22. The topological polar surface area (TPSA) is 116 Å². The first-order valence-electron chi connectivity index (χ1n) is 8.98. The molecule has 0 saturated carbocycles. The van der Waals surface area contributed by atoms with Crippen LogP contribution in [0.3, 0.4) is 0 Å². The highest BCUT2D eigenvalue weighted by Gasteiger charge is 2.13. The van der Waals surface area contributed by atoms with E-state index < -0.39 is 4.92 Å². The number of rotatable bonds is 8. The second kappa shape index (κ2) is 9.77. The smallest absolute Gasteiger partial charge is 0.270 e. The van der Waals surface area contributed by atoms with Gasteiger partial charge >= 0.3 is 0 Å². The molecule has 2 aromatic carbocycles. The molecule has 3 rings (SSSR count). The first-order valence-corrected chi connectivity index (χ1v) is 9.36. The number of hydrogen-bond acceptors (Lipinski definition) is 7. The summed E-state index contributed by atoms with van der Waals surface area (Å²) in [6.45, 7) is 0. The number of carbonyl (C=O) groups is 1. The molecule has 160 valence electrons. The lowest BCUT2D eigenvalue weighted by Gasteiger charge is -2.09. The number of amides is 1. The number of nitro benzene ring substituents is 1. The van der Waals surface area contributed by atoms with Gasteiger partial charge in [0.25, 0.3) is 5.69 Å². The van der Waals surface area contributed by atoms with Gasteiger partial charge in [0.05, 0.1) is 36.8 Å². The summed E-state index contributed by atoms with van der Waals surface area (Å²) in [6, 6.07) is 12.6. The Bertz CT molecular complexity index is 1140. The zero-order valence-corrected chi connectivity index (χ0v) is 17.4. The number of hydrogen-bond donors (Lipinski definition) is 1. The summed E-state index contributed by atoms with van der Waals surface area (Å²) in [6.07, 6.45) is 1.44. The number of nitrogens with zero attached hydrogens (tertiary/aromatic N) is 2. The van der Waals surface area contributed by atoms with Crippen molar-refractivity contribution in [3.05, 3.63) is 75.0 Å². The van der Waals surface area contributed by atoms with Crippen LogP contribution in [-0.4, -0.2) is 31.3 Å². The number of halogens is 1. The molecule has 10 heteroatoms. The number of benzene rings is 2. The van der Waals surface area contributed by atoms with Crippen LogP contribution in [-0.2, 0) is 11.2 Å². The van der Waals surface area contributed by atoms with Crippen LogP contribution >= 0.6 is 11.6 Å². The van der Waals surface area contributed by atoms with Gasteiger partial charge in [0.15, 0.2) is 11.5 Å². The minimum absolute atomic E-state index is 0.0967. The van der Waals surface area contributed by atoms with Gasteiger partial charge in [0.1, 0.15) is 11.5 Å². The van der Waals surface area contributed by atoms with Crippen LogP contribution in [0.2, 0.25) is 5.02 Å². The molecule has 1 N–H and O–H groups in total. The number of nitrogens with one attached hydrogen (secondary N) is 1. The molecule has 0 saturated heterocycles. The molecule has 0 atom stereocenters. The molecular weight excluding hydrogens is 426 g/mol. The van der Waals surface area contributed by atoms with E-state index in [1.54, 1.807) is 30.3 Å². The molecule has 1 amide bonds. The maximum Gasteiger partial charge on any atom is 0.270 e. The summed E-state index contributed by atoms with van der Waals surface area (Å²) in [5, 5.41) is 14.9. The van der Waals surface area contributed by atoms with Gasteiger partial charge in [-0.2, -0.15) is 5.10 Å². The first kappa shape index (κ1) is 21.8. The molecule has 9 nitrogen and oxygen atoms in total. The van der Waals surface area contributed by atoms with Crippen LogP contribution in [0.4, 0.5) is 5.69 Å². The van der Waals surface area contributed by atoms with Gasteiger partial charge in [0.2, 0.25) is 5.91 Å². The zero-order chi connectivity index (χ0) is 22.4. The van der Waals surface area contributed by atoms with Crippen molar-refractivity contribution in [2.75, 3.05) is 14.2 Å². The third kappa shape index (κ3) is 5.40. The van der Waals surface area contributed by atoms with Crippen molar-refractivity contribution in [3.8, 4) is 22.8 Å². The second-order valence-electron chi connectivity index (χ2n) is 6.28. The van der Waals surface area contributed by atoms with Crippen molar-refractivity contribution in [2.24, 2.45) is 5.10 Å². The number of ether oxygens (including phenoxy) is 2. The third-order valence-corrected chi connectivity index (χ3v) is 4.56. The summed E-state index contributed by atoms with van der Waals surface area (Å²) < 4.78 is 16.0. The molecule has 0 bridgehead atoms. The van der Waals surface area contributed by atoms with Gasteiger partial charge in [0, 0.05) is 17.7 Å². The van der Waals surface area contributed by atoms with E-state index in [0.717, 1.165) is 5.56 Å². The fraction of sp³-hybridized carbons (Fsp3) is 0.143. The zero-order valence-electron chi connectivity index (χ0n) is 16.6. The summed E-state index contributed by atoms with van der Waals surface area (Å²) in [4.78, 5) is 22.4. The van der Waals surface area contributed by atoms with Gasteiger partial charge in [-0.15, -0.1) is 0 Å². The fourth-order valence-electron chi connectivity index (χ4n) is 2.77. The SMILES string of the molecule is COc1ccc(CC(=O)NN=Cc2ccc(-c3ccc([N+](=O)[O-])cc3Cl)o2)cc1OC. The van der Waals surface area contributed by atoms with Crippen LogP contribution in [0.15, 0.2) is 58.0 Å². The Balaban J connectivity index is 1.61. The Morgan fingerprint density at radius 2 is 1.94 bits per heavy atom. The Hall–Kier alpha value is -3.85.